The number of ether oxygens (including phenoxy) is 1. The fourth-order valence-corrected chi connectivity index (χ4v) is 7.76. The Morgan fingerprint density at radius 1 is 1.09 bits per heavy atom. The Balaban J connectivity index is 0.949. The van der Waals surface area contributed by atoms with E-state index in [1.165, 1.54) is 18.9 Å². The van der Waals surface area contributed by atoms with Gasteiger partial charge in [0.05, 0.1) is 18.7 Å². The summed E-state index contributed by atoms with van der Waals surface area (Å²) in [5.74, 6) is 0.314. The largest absolute Gasteiger partial charge is 0.497 e. The van der Waals surface area contributed by atoms with Crippen LogP contribution in [0.15, 0.2) is 42.5 Å². The molecule has 0 bridgehead atoms. The molecule has 1 aliphatic carbocycles. The first-order chi connectivity index (χ1) is 20.7. The van der Waals surface area contributed by atoms with Crippen LogP contribution in [-0.4, -0.2) is 68.5 Å². The van der Waals surface area contributed by atoms with Gasteiger partial charge in [0.2, 0.25) is 11.8 Å². The molecule has 4 aliphatic rings. The van der Waals surface area contributed by atoms with Gasteiger partial charge < -0.3 is 19.9 Å². The predicted octanol–water partition coefficient (Wildman–Crippen LogP) is 4.49. The third-order valence-corrected chi connectivity index (χ3v) is 10.5. The molecule has 2 N–H and O–H groups in total. The van der Waals surface area contributed by atoms with Crippen molar-refractivity contribution in [1.29, 1.82) is 0 Å². The SMILES string of the molecule is COc1cccc(C(=O)NC2CC3(CCN(CC4CCN(c5ccc(C6CCC(=O)NC6=O)cc5F)CC4C)CC3)C2)c1. The van der Waals surface area contributed by atoms with E-state index in [-0.39, 0.29) is 36.0 Å². The molecule has 3 amide bonds. The molecule has 0 aromatic heterocycles. The maximum absolute atomic E-state index is 15.2. The van der Waals surface area contributed by atoms with Gasteiger partial charge in [0.15, 0.2) is 0 Å². The molecule has 3 unspecified atom stereocenters. The molecule has 1 spiro atoms. The number of anilines is 1. The zero-order chi connectivity index (χ0) is 30.1. The fourth-order valence-electron chi connectivity index (χ4n) is 7.76. The molecular formula is C34H43FN4O4. The number of rotatable bonds is 7. The van der Waals surface area contributed by atoms with E-state index >= 15 is 4.39 Å². The van der Waals surface area contributed by atoms with Crippen LogP contribution in [0.3, 0.4) is 0 Å². The lowest BCUT2D eigenvalue weighted by Gasteiger charge is -2.53. The normalized spacial score (nSPS) is 26.1. The highest BCUT2D eigenvalue weighted by atomic mass is 19.1. The standard InChI is InChI=1S/C34H43FN4O4/c1-22-20-39(30-8-6-23(17-29(30)35)28-7-9-31(40)37-33(28)42)13-10-25(22)21-38-14-11-34(12-15-38)18-26(19-34)36-32(41)24-4-3-5-27(16-24)43-2/h3-6,8,16-17,22,25-26,28H,7,9-15,18-21H2,1-2H3,(H,36,41)(H,37,40,42). The summed E-state index contributed by atoms with van der Waals surface area (Å²) in [6.45, 7) is 7.18. The van der Waals surface area contributed by atoms with Crippen LogP contribution in [0.1, 0.15) is 73.7 Å². The number of piperidine rings is 3. The van der Waals surface area contributed by atoms with Crippen molar-refractivity contribution in [3.8, 4) is 5.75 Å². The second-order valence-corrected chi connectivity index (χ2v) is 13.3. The van der Waals surface area contributed by atoms with Crippen LogP contribution < -0.4 is 20.3 Å². The van der Waals surface area contributed by atoms with Crippen molar-refractivity contribution >= 4 is 23.4 Å². The number of halogens is 1. The molecule has 8 nitrogen and oxygen atoms in total. The molecule has 3 aliphatic heterocycles. The van der Waals surface area contributed by atoms with Crippen LogP contribution >= 0.6 is 0 Å². The van der Waals surface area contributed by atoms with Gasteiger partial charge in [0.25, 0.3) is 5.91 Å². The summed E-state index contributed by atoms with van der Waals surface area (Å²) in [7, 11) is 1.61. The van der Waals surface area contributed by atoms with Gasteiger partial charge in [-0.2, -0.15) is 0 Å². The van der Waals surface area contributed by atoms with Gasteiger partial charge in [0, 0.05) is 37.7 Å². The van der Waals surface area contributed by atoms with Crippen molar-refractivity contribution in [1.82, 2.24) is 15.5 Å². The summed E-state index contributed by atoms with van der Waals surface area (Å²) >= 11 is 0. The highest BCUT2D eigenvalue weighted by molar-refractivity contribution is 6.01. The van der Waals surface area contributed by atoms with Gasteiger partial charge in [-0.1, -0.05) is 19.1 Å². The van der Waals surface area contributed by atoms with Crippen molar-refractivity contribution in [2.75, 3.05) is 44.7 Å². The number of nitrogens with zero attached hydrogens (tertiary/aromatic N) is 2. The van der Waals surface area contributed by atoms with Crippen molar-refractivity contribution in [3.63, 3.8) is 0 Å². The van der Waals surface area contributed by atoms with Crippen molar-refractivity contribution in [2.45, 2.75) is 63.8 Å². The van der Waals surface area contributed by atoms with Gasteiger partial charge in [-0.3, -0.25) is 19.7 Å². The van der Waals surface area contributed by atoms with Crippen LogP contribution in [0.2, 0.25) is 0 Å². The number of nitrogens with one attached hydrogen (secondary N) is 2. The summed E-state index contributed by atoms with van der Waals surface area (Å²) in [5, 5.41) is 5.58. The maximum atomic E-state index is 15.2. The zero-order valence-electron chi connectivity index (χ0n) is 25.2. The van der Waals surface area contributed by atoms with Crippen LogP contribution in [0.4, 0.5) is 10.1 Å². The molecule has 2 aromatic rings. The molecule has 3 saturated heterocycles. The zero-order valence-corrected chi connectivity index (χ0v) is 25.2. The van der Waals surface area contributed by atoms with Crippen molar-refractivity contribution in [3.05, 3.63) is 59.4 Å². The number of carbonyl (C=O) groups is 3. The number of likely N-dealkylation sites (tertiary alicyclic amines) is 1. The molecule has 0 radical (unpaired) electrons. The number of carbonyl (C=O) groups excluding carboxylic acids is 3. The summed E-state index contributed by atoms with van der Waals surface area (Å²) in [4.78, 5) is 41.2. The lowest BCUT2D eigenvalue weighted by Crippen LogP contribution is -2.55. The summed E-state index contributed by atoms with van der Waals surface area (Å²) in [5.41, 5.74) is 2.23. The molecule has 2 aromatic carbocycles. The van der Waals surface area contributed by atoms with E-state index < -0.39 is 5.92 Å². The first-order valence-corrected chi connectivity index (χ1v) is 15.8. The highest BCUT2D eigenvalue weighted by Gasteiger charge is 2.46. The lowest BCUT2D eigenvalue weighted by atomic mass is 9.60. The summed E-state index contributed by atoms with van der Waals surface area (Å²) in [6, 6.07) is 12.7. The van der Waals surface area contributed by atoms with Crippen LogP contribution in [0, 0.1) is 23.1 Å². The first-order valence-electron chi connectivity index (χ1n) is 15.8. The van der Waals surface area contributed by atoms with Gasteiger partial charge in [-0.05, 0) is 105 Å². The monoisotopic (exact) mass is 590 g/mol. The molecule has 6 rings (SSSR count). The molecule has 3 heterocycles. The Hall–Kier alpha value is -3.46. The van der Waals surface area contributed by atoms with Gasteiger partial charge >= 0.3 is 0 Å². The minimum Gasteiger partial charge on any atom is -0.497 e. The van der Waals surface area contributed by atoms with Crippen LogP contribution in [0.5, 0.6) is 5.75 Å². The number of hydrogen-bond donors (Lipinski definition) is 2. The Bertz CT molecular complexity index is 1370. The number of amides is 3. The van der Waals surface area contributed by atoms with E-state index in [1.807, 2.05) is 24.3 Å². The second kappa shape index (κ2) is 12.3. The van der Waals surface area contributed by atoms with Gasteiger partial charge in [-0.15, -0.1) is 0 Å². The molecule has 43 heavy (non-hydrogen) atoms. The van der Waals surface area contributed by atoms with Crippen LogP contribution in [0.25, 0.3) is 0 Å². The Morgan fingerprint density at radius 2 is 1.88 bits per heavy atom. The quantitative estimate of drug-likeness (QED) is 0.462. The number of imide groups is 1. The molecular weight excluding hydrogens is 547 g/mol. The number of hydrogen-bond acceptors (Lipinski definition) is 6. The molecule has 1 saturated carbocycles. The van der Waals surface area contributed by atoms with E-state index in [0.29, 0.717) is 46.2 Å². The molecule has 230 valence electrons. The minimum atomic E-state index is -0.474. The van der Waals surface area contributed by atoms with E-state index in [1.54, 1.807) is 19.2 Å². The Kier molecular flexibility index (Phi) is 8.45. The first kappa shape index (κ1) is 29.6. The molecule has 4 fully saturated rings. The van der Waals surface area contributed by atoms with E-state index in [4.69, 9.17) is 4.74 Å². The average molecular weight is 591 g/mol. The molecule has 3 atom stereocenters. The summed E-state index contributed by atoms with van der Waals surface area (Å²) in [6.07, 6.45) is 6.19. The second-order valence-electron chi connectivity index (χ2n) is 13.3. The van der Waals surface area contributed by atoms with E-state index in [0.717, 1.165) is 52.0 Å². The Morgan fingerprint density at radius 3 is 2.58 bits per heavy atom. The van der Waals surface area contributed by atoms with E-state index in [9.17, 15) is 14.4 Å². The third kappa shape index (κ3) is 6.42. The fraction of sp³-hybridized carbons (Fsp3) is 0.559. The highest BCUT2D eigenvalue weighted by Crippen LogP contribution is 2.49. The summed E-state index contributed by atoms with van der Waals surface area (Å²) < 4.78 is 20.5. The minimum absolute atomic E-state index is 0.0262. The lowest BCUT2D eigenvalue weighted by molar-refractivity contribution is -0.134. The van der Waals surface area contributed by atoms with E-state index in [2.05, 4.69) is 27.4 Å². The Labute approximate surface area is 253 Å². The predicted molar refractivity (Wildman–Crippen MR) is 163 cm³/mol. The topological polar surface area (TPSA) is 91.0 Å². The van der Waals surface area contributed by atoms with Crippen LogP contribution in [-0.2, 0) is 9.59 Å². The van der Waals surface area contributed by atoms with Gasteiger partial charge in [0.1, 0.15) is 11.6 Å². The smallest absolute Gasteiger partial charge is 0.251 e. The number of methoxy groups -OCH3 is 1. The van der Waals surface area contributed by atoms with Gasteiger partial charge in [-0.25, -0.2) is 4.39 Å². The maximum Gasteiger partial charge on any atom is 0.251 e. The average Bonchev–Trinajstić information content (AvgIpc) is 2.98. The third-order valence-electron chi connectivity index (χ3n) is 10.5. The van der Waals surface area contributed by atoms with Crippen molar-refractivity contribution in [2.24, 2.45) is 17.3 Å². The molecule has 9 heteroatoms. The number of benzene rings is 2. The van der Waals surface area contributed by atoms with Crippen molar-refractivity contribution < 1.29 is 23.5 Å².